The minimum Gasteiger partial charge on any atom is -0.497 e. The molecular weight excluding hydrogens is 292 g/mol. The minimum absolute atomic E-state index is 0.104. The number of likely N-dealkylation sites (N-methyl/N-ethyl adjacent to an activating group) is 1. The quantitative estimate of drug-likeness (QED) is 0.751. The van der Waals surface area contributed by atoms with Gasteiger partial charge in [0.2, 0.25) is 5.91 Å². The van der Waals surface area contributed by atoms with Gasteiger partial charge >= 0.3 is 0 Å². The zero-order valence-corrected chi connectivity index (χ0v) is 13.6. The lowest BCUT2D eigenvalue weighted by molar-refractivity contribution is -0.130. The molecule has 0 radical (unpaired) electrons. The monoisotopic (exact) mass is 314 g/mol. The summed E-state index contributed by atoms with van der Waals surface area (Å²) in [5, 5.41) is 0. The fourth-order valence-electron chi connectivity index (χ4n) is 2.09. The maximum atomic E-state index is 12.1. The Balaban J connectivity index is 1.69. The molecule has 5 heteroatoms. The van der Waals surface area contributed by atoms with Gasteiger partial charge in [-0.05, 0) is 42.3 Å². The van der Waals surface area contributed by atoms with Crippen molar-refractivity contribution in [2.24, 2.45) is 0 Å². The summed E-state index contributed by atoms with van der Waals surface area (Å²) in [6.07, 6.45) is 4.70. The highest BCUT2D eigenvalue weighted by atomic mass is 16.5. The average molecular weight is 314 g/mol. The van der Waals surface area contributed by atoms with E-state index in [9.17, 15) is 4.79 Å². The van der Waals surface area contributed by atoms with Crippen LogP contribution in [-0.2, 0) is 11.2 Å². The molecule has 0 saturated heterocycles. The van der Waals surface area contributed by atoms with Crippen LogP contribution in [0, 0.1) is 0 Å². The summed E-state index contributed by atoms with van der Waals surface area (Å²) in [5.74, 6) is 1.66. The van der Waals surface area contributed by atoms with E-state index in [2.05, 4.69) is 4.98 Å². The van der Waals surface area contributed by atoms with Crippen molar-refractivity contribution in [1.29, 1.82) is 0 Å². The van der Waals surface area contributed by atoms with Gasteiger partial charge in [0.05, 0.1) is 13.7 Å². The molecule has 23 heavy (non-hydrogen) atoms. The van der Waals surface area contributed by atoms with Crippen LogP contribution in [0.5, 0.6) is 11.5 Å². The van der Waals surface area contributed by atoms with Crippen LogP contribution in [0.1, 0.15) is 12.0 Å². The Morgan fingerprint density at radius 1 is 1.17 bits per heavy atom. The second-order valence-electron chi connectivity index (χ2n) is 5.20. The molecule has 122 valence electrons. The number of hydrogen-bond donors (Lipinski definition) is 0. The van der Waals surface area contributed by atoms with Gasteiger partial charge in [0.25, 0.3) is 0 Å². The topological polar surface area (TPSA) is 51.7 Å². The lowest BCUT2D eigenvalue weighted by Gasteiger charge is -2.17. The number of hydrogen-bond acceptors (Lipinski definition) is 4. The van der Waals surface area contributed by atoms with Gasteiger partial charge in [-0.1, -0.05) is 6.07 Å². The molecule has 0 spiro atoms. The molecule has 1 aromatic carbocycles. The first-order valence-electron chi connectivity index (χ1n) is 7.59. The van der Waals surface area contributed by atoms with Crippen LogP contribution in [0.4, 0.5) is 0 Å². The van der Waals surface area contributed by atoms with E-state index in [1.54, 1.807) is 31.5 Å². The number of methoxy groups -OCH3 is 1. The number of benzene rings is 1. The molecule has 0 aliphatic heterocycles. The van der Waals surface area contributed by atoms with Crippen molar-refractivity contribution >= 4 is 5.91 Å². The van der Waals surface area contributed by atoms with E-state index in [1.165, 1.54) is 0 Å². The summed E-state index contributed by atoms with van der Waals surface area (Å²) in [5.41, 5.74) is 1.07. The van der Waals surface area contributed by atoms with E-state index in [-0.39, 0.29) is 5.91 Å². The summed E-state index contributed by atoms with van der Waals surface area (Å²) >= 11 is 0. The summed E-state index contributed by atoms with van der Waals surface area (Å²) in [7, 11) is 3.42. The molecule has 0 aliphatic carbocycles. The second-order valence-corrected chi connectivity index (χ2v) is 5.20. The average Bonchev–Trinajstić information content (AvgIpc) is 2.61. The maximum absolute atomic E-state index is 12.1. The highest BCUT2D eigenvalue weighted by Gasteiger charge is 2.09. The zero-order valence-electron chi connectivity index (χ0n) is 13.6. The smallest absolute Gasteiger partial charge is 0.222 e. The fraction of sp³-hybridized carbons (Fsp3) is 0.333. The van der Waals surface area contributed by atoms with Gasteiger partial charge in [-0.3, -0.25) is 9.78 Å². The van der Waals surface area contributed by atoms with Crippen LogP contribution in [0.25, 0.3) is 0 Å². The summed E-state index contributed by atoms with van der Waals surface area (Å²) < 4.78 is 10.7. The number of ether oxygens (including phenoxy) is 2. The Morgan fingerprint density at radius 2 is 1.91 bits per heavy atom. The molecule has 0 bridgehead atoms. The van der Waals surface area contributed by atoms with Crippen molar-refractivity contribution in [1.82, 2.24) is 9.88 Å². The highest BCUT2D eigenvalue weighted by Crippen LogP contribution is 2.16. The molecule has 0 fully saturated rings. The molecule has 0 N–H and O–H groups in total. The number of pyridine rings is 1. The van der Waals surface area contributed by atoms with Crippen LogP contribution in [0.2, 0.25) is 0 Å². The van der Waals surface area contributed by atoms with Gasteiger partial charge in [-0.15, -0.1) is 0 Å². The SMILES string of the molecule is COc1ccc(OCCN(C)C(=O)CCc2cccnc2)cc1. The summed E-state index contributed by atoms with van der Waals surface area (Å²) in [6, 6.07) is 11.3. The van der Waals surface area contributed by atoms with E-state index in [0.717, 1.165) is 17.1 Å². The first-order valence-corrected chi connectivity index (χ1v) is 7.59. The van der Waals surface area contributed by atoms with Gasteiger partial charge in [-0.2, -0.15) is 0 Å². The predicted molar refractivity (Wildman–Crippen MR) is 88.7 cm³/mol. The molecular formula is C18H22N2O3. The van der Waals surface area contributed by atoms with Crippen molar-refractivity contribution in [3.05, 3.63) is 54.4 Å². The Bertz CT molecular complexity index is 599. The van der Waals surface area contributed by atoms with E-state index in [0.29, 0.717) is 26.0 Å². The van der Waals surface area contributed by atoms with Crippen molar-refractivity contribution in [3.63, 3.8) is 0 Å². The van der Waals surface area contributed by atoms with Crippen molar-refractivity contribution in [2.75, 3.05) is 27.3 Å². The van der Waals surface area contributed by atoms with E-state index in [1.807, 2.05) is 36.4 Å². The van der Waals surface area contributed by atoms with Gasteiger partial charge in [0.1, 0.15) is 18.1 Å². The highest BCUT2D eigenvalue weighted by molar-refractivity contribution is 5.76. The van der Waals surface area contributed by atoms with Gasteiger partial charge < -0.3 is 14.4 Å². The Kier molecular flexibility index (Phi) is 6.41. The molecule has 1 aromatic heterocycles. The lowest BCUT2D eigenvalue weighted by Crippen LogP contribution is -2.31. The van der Waals surface area contributed by atoms with E-state index < -0.39 is 0 Å². The number of nitrogens with zero attached hydrogens (tertiary/aromatic N) is 2. The predicted octanol–water partition coefficient (Wildman–Crippen LogP) is 2.56. The molecule has 5 nitrogen and oxygen atoms in total. The molecule has 0 aliphatic rings. The molecule has 0 saturated carbocycles. The van der Waals surface area contributed by atoms with Gasteiger partial charge in [-0.25, -0.2) is 0 Å². The Morgan fingerprint density at radius 3 is 2.57 bits per heavy atom. The van der Waals surface area contributed by atoms with Gasteiger partial charge in [0.15, 0.2) is 0 Å². The number of rotatable bonds is 8. The molecule has 2 rings (SSSR count). The van der Waals surface area contributed by atoms with Crippen molar-refractivity contribution < 1.29 is 14.3 Å². The first kappa shape index (κ1) is 16.8. The van der Waals surface area contributed by atoms with Crippen LogP contribution in [-0.4, -0.2) is 43.1 Å². The molecule has 0 unspecified atom stereocenters. The van der Waals surface area contributed by atoms with E-state index >= 15 is 0 Å². The molecule has 1 heterocycles. The van der Waals surface area contributed by atoms with Crippen LogP contribution in [0.15, 0.2) is 48.8 Å². The maximum Gasteiger partial charge on any atom is 0.222 e. The number of aryl methyl sites for hydroxylation is 1. The number of amides is 1. The number of carbonyl (C=O) groups excluding carboxylic acids is 1. The summed E-state index contributed by atoms with van der Waals surface area (Å²) in [4.78, 5) is 17.8. The third-order valence-corrected chi connectivity index (χ3v) is 3.53. The Labute approximate surface area is 136 Å². The first-order chi connectivity index (χ1) is 11.2. The van der Waals surface area contributed by atoms with Crippen LogP contribution >= 0.6 is 0 Å². The summed E-state index contributed by atoms with van der Waals surface area (Å²) in [6.45, 7) is 1.01. The minimum atomic E-state index is 0.104. The van der Waals surface area contributed by atoms with Crippen LogP contribution in [0.3, 0.4) is 0 Å². The van der Waals surface area contributed by atoms with Crippen molar-refractivity contribution in [3.8, 4) is 11.5 Å². The third kappa shape index (κ3) is 5.62. The Hall–Kier alpha value is -2.56. The van der Waals surface area contributed by atoms with E-state index in [4.69, 9.17) is 9.47 Å². The number of carbonyl (C=O) groups is 1. The lowest BCUT2D eigenvalue weighted by atomic mass is 10.1. The largest absolute Gasteiger partial charge is 0.497 e. The third-order valence-electron chi connectivity index (χ3n) is 3.53. The standard InChI is InChI=1S/C18H22N2O3/c1-20(18(21)10-5-15-4-3-11-19-14-15)12-13-23-17-8-6-16(22-2)7-9-17/h3-4,6-9,11,14H,5,10,12-13H2,1-2H3. The number of aromatic nitrogens is 1. The molecule has 1 amide bonds. The zero-order chi connectivity index (χ0) is 16.5. The molecule has 0 atom stereocenters. The second kappa shape index (κ2) is 8.78. The van der Waals surface area contributed by atoms with Gasteiger partial charge in [0, 0.05) is 25.9 Å². The van der Waals surface area contributed by atoms with Crippen molar-refractivity contribution in [2.45, 2.75) is 12.8 Å². The normalized spacial score (nSPS) is 10.2. The fourth-order valence-corrected chi connectivity index (χ4v) is 2.09. The van der Waals surface area contributed by atoms with Crippen LogP contribution < -0.4 is 9.47 Å². The molecule has 2 aromatic rings.